The van der Waals surface area contributed by atoms with Crippen LogP contribution < -0.4 is 26.0 Å². The van der Waals surface area contributed by atoms with Gasteiger partial charge in [0.15, 0.2) is 17.1 Å². The SMILES string of the molecule is O=c1[nH]c2nc(NCc3ccncc3)ncc2c(=O)n1-c1ccc2c(c1)OCO2. The molecule has 1 aromatic carbocycles. The summed E-state index contributed by atoms with van der Waals surface area (Å²) in [4.78, 5) is 40.5. The summed E-state index contributed by atoms with van der Waals surface area (Å²) in [6.45, 7) is 0.581. The predicted octanol–water partition coefficient (Wildman–Crippen LogP) is 1.20. The molecule has 1 aliphatic heterocycles. The maximum Gasteiger partial charge on any atom is 0.334 e. The first-order valence-corrected chi connectivity index (χ1v) is 8.74. The van der Waals surface area contributed by atoms with Crippen molar-refractivity contribution < 1.29 is 9.47 Å². The van der Waals surface area contributed by atoms with E-state index in [1.54, 1.807) is 30.6 Å². The molecule has 0 atom stereocenters. The van der Waals surface area contributed by atoms with E-state index in [4.69, 9.17) is 9.47 Å². The van der Waals surface area contributed by atoms with Crippen molar-refractivity contribution in [2.45, 2.75) is 6.54 Å². The summed E-state index contributed by atoms with van der Waals surface area (Å²) < 4.78 is 11.6. The minimum atomic E-state index is -0.611. The van der Waals surface area contributed by atoms with Gasteiger partial charge in [-0.25, -0.2) is 14.3 Å². The molecule has 3 aromatic heterocycles. The molecule has 0 amide bonds. The third-order valence-electron chi connectivity index (χ3n) is 4.47. The molecule has 0 fully saturated rings. The van der Waals surface area contributed by atoms with E-state index in [0.29, 0.717) is 29.7 Å². The molecule has 2 N–H and O–H groups in total. The van der Waals surface area contributed by atoms with E-state index in [1.807, 2.05) is 12.1 Å². The van der Waals surface area contributed by atoms with Gasteiger partial charge in [0, 0.05) is 31.2 Å². The van der Waals surface area contributed by atoms with Gasteiger partial charge in [-0.3, -0.25) is 14.8 Å². The molecule has 0 saturated carbocycles. The van der Waals surface area contributed by atoms with Gasteiger partial charge in [0.1, 0.15) is 5.39 Å². The van der Waals surface area contributed by atoms with E-state index >= 15 is 0 Å². The van der Waals surface area contributed by atoms with Crippen molar-refractivity contribution in [2.75, 3.05) is 12.1 Å². The van der Waals surface area contributed by atoms with Gasteiger partial charge in [0.05, 0.1) is 5.69 Å². The molecule has 1 aliphatic rings. The molecule has 144 valence electrons. The van der Waals surface area contributed by atoms with Crippen molar-refractivity contribution in [2.24, 2.45) is 0 Å². The Balaban J connectivity index is 1.52. The number of hydrogen-bond donors (Lipinski definition) is 2. The third-order valence-corrected chi connectivity index (χ3v) is 4.47. The number of H-pyrrole nitrogens is 1. The standard InChI is InChI=1S/C19H14N6O4/c26-17-13-9-22-18(21-8-11-3-5-20-6-4-11)23-16(13)24-19(27)25(17)12-1-2-14-15(7-12)29-10-28-14/h1-7,9H,8,10H2,(H2,21,22,23,24,27). The Morgan fingerprint density at radius 2 is 1.93 bits per heavy atom. The number of aromatic nitrogens is 5. The zero-order valence-electron chi connectivity index (χ0n) is 15.0. The van der Waals surface area contributed by atoms with Crippen LogP contribution in [0.25, 0.3) is 16.7 Å². The molecule has 10 nitrogen and oxygen atoms in total. The fourth-order valence-corrected chi connectivity index (χ4v) is 3.03. The summed E-state index contributed by atoms with van der Waals surface area (Å²) in [5.41, 5.74) is 0.380. The van der Waals surface area contributed by atoms with Crippen molar-refractivity contribution in [3.05, 3.63) is 75.3 Å². The average molecular weight is 390 g/mol. The van der Waals surface area contributed by atoms with Crippen LogP contribution >= 0.6 is 0 Å². The maximum absolute atomic E-state index is 12.9. The summed E-state index contributed by atoms with van der Waals surface area (Å²) in [5.74, 6) is 1.33. The minimum absolute atomic E-state index is 0.102. The lowest BCUT2D eigenvalue weighted by Crippen LogP contribution is -2.34. The Bertz CT molecular complexity index is 1330. The van der Waals surface area contributed by atoms with E-state index in [2.05, 4.69) is 25.3 Å². The van der Waals surface area contributed by atoms with Crippen LogP contribution in [0.1, 0.15) is 5.56 Å². The normalized spacial score (nSPS) is 12.3. The van der Waals surface area contributed by atoms with Gasteiger partial charge in [-0.2, -0.15) is 4.98 Å². The third kappa shape index (κ3) is 3.06. The molecule has 5 rings (SSSR count). The highest BCUT2D eigenvalue weighted by Crippen LogP contribution is 2.33. The summed E-state index contributed by atoms with van der Waals surface area (Å²) in [5, 5.41) is 3.25. The Labute approximate surface area is 162 Å². The summed E-state index contributed by atoms with van der Waals surface area (Å²) in [6, 6.07) is 8.56. The zero-order chi connectivity index (χ0) is 19.8. The Morgan fingerprint density at radius 1 is 1.10 bits per heavy atom. The van der Waals surface area contributed by atoms with Gasteiger partial charge in [-0.1, -0.05) is 0 Å². The molecule has 0 spiro atoms. The summed E-state index contributed by atoms with van der Waals surface area (Å²) >= 11 is 0. The van der Waals surface area contributed by atoms with Gasteiger partial charge < -0.3 is 14.8 Å². The molecular weight excluding hydrogens is 376 g/mol. The summed E-state index contributed by atoms with van der Waals surface area (Å²) in [7, 11) is 0. The highest BCUT2D eigenvalue weighted by Gasteiger charge is 2.17. The molecule has 0 unspecified atom stereocenters. The monoisotopic (exact) mass is 390 g/mol. The number of hydrogen-bond acceptors (Lipinski definition) is 8. The van der Waals surface area contributed by atoms with Gasteiger partial charge in [0.25, 0.3) is 5.56 Å². The lowest BCUT2D eigenvalue weighted by molar-refractivity contribution is 0.174. The number of aromatic amines is 1. The number of fused-ring (bicyclic) bond motifs is 2. The molecular formula is C19H14N6O4. The molecule has 10 heteroatoms. The first-order chi connectivity index (χ1) is 14.2. The summed E-state index contributed by atoms with van der Waals surface area (Å²) in [6.07, 6.45) is 4.77. The molecule has 29 heavy (non-hydrogen) atoms. The second kappa shape index (κ2) is 6.75. The first-order valence-electron chi connectivity index (χ1n) is 8.74. The van der Waals surface area contributed by atoms with Crippen LogP contribution in [0.4, 0.5) is 5.95 Å². The number of benzene rings is 1. The van der Waals surface area contributed by atoms with E-state index in [9.17, 15) is 9.59 Å². The fraction of sp³-hybridized carbons (Fsp3) is 0.105. The van der Waals surface area contributed by atoms with Crippen molar-refractivity contribution in [1.82, 2.24) is 24.5 Å². The second-order valence-corrected chi connectivity index (χ2v) is 6.27. The van der Waals surface area contributed by atoms with E-state index < -0.39 is 11.2 Å². The molecule has 0 aliphatic carbocycles. The molecule has 0 saturated heterocycles. The Kier molecular flexibility index (Phi) is 3.94. The van der Waals surface area contributed by atoms with Crippen LogP contribution in [0.5, 0.6) is 11.5 Å². The minimum Gasteiger partial charge on any atom is -0.454 e. The number of nitrogens with one attached hydrogen (secondary N) is 2. The highest BCUT2D eigenvalue weighted by atomic mass is 16.7. The maximum atomic E-state index is 12.9. The Morgan fingerprint density at radius 3 is 2.79 bits per heavy atom. The van der Waals surface area contributed by atoms with Crippen molar-refractivity contribution >= 4 is 17.0 Å². The lowest BCUT2D eigenvalue weighted by Gasteiger charge is -2.08. The zero-order valence-corrected chi connectivity index (χ0v) is 15.0. The Hall–Kier alpha value is -4.21. The van der Waals surface area contributed by atoms with Crippen molar-refractivity contribution in [1.29, 1.82) is 0 Å². The van der Waals surface area contributed by atoms with Crippen LogP contribution in [0.3, 0.4) is 0 Å². The van der Waals surface area contributed by atoms with Crippen molar-refractivity contribution in [3.63, 3.8) is 0 Å². The molecule has 4 heterocycles. The van der Waals surface area contributed by atoms with Crippen LogP contribution in [0, 0.1) is 0 Å². The van der Waals surface area contributed by atoms with Gasteiger partial charge in [-0.15, -0.1) is 0 Å². The van der Waals surface area contributed by atoms with Gasteiger partial charge >= 0.3 is 5.69 Å². The largest absolute Gasteiger partial charge is 0.454 e. The number of rotatable bonds is 4. The molecule has 4 aromatic rings. The number of anilines is 1. The highest BCUT2D eigenvalue weighted by molar-refractivity contribution is 5.73. The van der Waals surface area contributed by atoms with Gasteiger partial charge in [0.2, 0.25) is 12.7 Å². The van der Waals surface area contributed by atoms with Crippen LogP contribution in [0.2, 0.25) is 0 Å². The van der Waals surface area contributed by atoms with E-state index in [0.717, 1.165) is 10.1 Å². The molecule has 0 bridgehead atoms. The smallest absolute Gasteiger partial charge is 0.334 e. The topological polar surface area (TPSA) is 124 Å². The quantitative estimate of drug-likeness (QED) is 0.533. The van der Waals surface area contributed by atoms with Crippen LogP contribution in [-0.2, 0) is 6.54 Å². The molecule has 0 radical (unpaired) electrons. The number of pyridine rings is 1. The van der Waals surface area contributed by atoms with Crippen LogP contribution in [0.15, 0.2) is 58.5 Å². The van der Waals surface area contributed by atoms with E-state index in [-0.39, 0.29) is 17.8 Å². The fourth-order valence-electron chi connectivity index (χ4n) is 3.03. The average Bonchev–Trinajstić information content (AvgIpc) is 3.21. The second-order valence-electron chi connectivity index (χ2n) is 6.27. The predicted molar refractivity (Wildman–Crippen MR) is 103 cm³/mol. The van der Waals surface area contributed by atoms with E-state index in [1.165, 1.54) is 6.20 Å². The van der Waals surface area contributed by atoms with Crippen LogP contribution in [-0.4, -0.2) is 31.3 Å². The van der Waals surface area contributed by atoms with Gasteiger partial charge in [-0.05, 0) is 29.8 Å². The lowest BCUT2D eigenvalue weighted by atomic mass is 10.2. The first kappa shape index (κ1) is 16.9. The number of nitrogens with zero attached hydrogens (tertiary/aromatic N) is 4. The van der Waals surface area contributed by atoms with Crippen molar-refractivity contribution in [3.8, 4) is 17.2 Å². The number of ether oxygens (including phenoxy) is 2.